The Bertz CT molecular complexity index is 1860. The van der Waals surface area contributed by atoms with Crippen molar-refractivity contribution in [2.75, 3.05) is 50.6 Å². The number of amides is 1. The zero-order valence-corrected chi connectivity index (χ0v) is 28.9. The molecule has 1 aliphatic heterocycles. The third-order valence-electron chi connectivity index (χ3n) is 8.04. The molecule has 2 unspecified atom stereocenters. The number of methoxy groups -OCH3 is 2. The van der Waals surface area contributed by atoms with Gasteiger partial charge in [-0.15, -0.1) is 0 Å². The molecule has 2 heterocycles. The van der Waals surface area contributed by atoms with E-state index in [-0.39, 0.29) is 38.9 Å². The Morgan fingerprint density at radius 1 is 0.980 bits per heavy atom. The monoisotopic (exact) mass is 691 g/mol. The fraction of sp³-hybridized carbons (Fsp3) is 0.343. The van der Waals surface area contributed by atoms with Crippen LogP contribution in [-0.4, -0.2) is 80.9 Å². The number of carbonyl (C=O) groups is 1. The van der Waals surface area contributed by atoms with Gasteiger partial charge in [0.25, 0.3) is 10.0 Å². The minimum absolute atomic E-state index is 0.0306. The molecule has 4 aromatic rings. The predicted octanol–water partition coefficient (Wildman–Crippen LogP) is 4.76. The van der Waals surface area contributed by atoms with Crippen LogP contribution in [0.1, 0.15) is 38.0 Å². The van der Waals surface area contributed by atoms with Crippen molar-refractivity contribution in [3.63, 3.8) is 0 Å². The number of hydrogen-bond donors (Lipinski definition) is 3. The Morgan fingerprint density at radius 2 is 1.73 bits per heavy atom. The van der Waals surface area contributed by atoms with Crippen LogP contribution in [0.2, 0.25) is 0 Å². The van der Waals surface area contributed by atoms with Crippen LogP contribution in [0.5, 0.6) is 23.1 Å². The summed E-state index contributed by atoms with van der Waals surface area (Å²) in [6, 6.07) is 17.0. The van der Waals surface area contributed by atoms with Gasteiger partial charge < -0.3 is 29.4 Å². The first kappa shape index (κ1) is 35.4. The van der Waals surface area contributed by atoms with E-state index < -0.39 is 28.1 Å². The molecule has 0 spiro atoms. The van der Waals surface area contributed by atoms with E-state index in [1.54, 1.807) is 36.4 Å². The van der Waals surface area contributed by atoms with E-state index in [2.05, 4.69) is 20.0 Å². The van der Waals surface area contributed by atoms with E-state index in [0.29, 0.717) is 37.7 Å². The van der Waals surface area contributed by atoms with Gasteiger partial charge in [0.05, 0.1) is 43.7 Å². The number of anilines is 2. The number of phenols is 1. The smallest absolute Gasteiger partial charge is 0.262 e. The number of sulfonamides is 1. The number of phenolic OH excluding ortho intramolecular Hbond substituents is 1. The van der Waals surface area contributed by atoms with Crippen molar-refractivity contribution in [1.82, 2.24) is 14.9 Å². The first-order valence-electron chi connectivity index (χ1n) is 15.6. The average Bonchev–Trinajstić information content (AvgIpc) is 3.08. The van der Waals surface area contributed by atoms with Crippen LogP contribution in [0.4, 0.5) is 11.4 Å². The summed E-state index contributed by atoms with van der Waals surface area (Å²) >= 11 is 0. The molecule has 1 saturated heterocycles. The Labute approximate surface area is 286 Å². The molecule has 0 saturated carbocycles. The summed E-state index contributed by atoms with van der Waals surface area (Å²) in [6.45, 7) is 7.48. The van der Waals surface area contributed by atoms with E-state index in [1.165, 1.54) is 51.0 Å². The van der Waals surface area contributed by atoms with Crippen LogP contribution in [-0.2, 0) is 25.0 Å². The van der Waals surface area contributed by atoms with E-state index >= 15 is 0 Å². The van der Waals surface area contributed by atoms with Gasteiger partial charge in [-0.1, -0.05) is 45.0 Å². The molecule has 0 aliphatic carbocycles. The van der Waals surface area contributed by atoms with Gasteiger partial charge in [0.1, 0.15) is 18.1 Å². The van der Waals surface area contributed by atoms with Crippen molar-refractivity contribution >= 4 is 27.3 Å². The van der Waals surface area contributed by atoms with Crippen LogP contribution in [0.25, 0.3) is 0 Å². The molecule has 1 fully saturated rings. The second-order valence-electron chi connectivity index (χ2n) is 12.4. The highest BCUT2D eigenvalue weighted by molar-refractivity contribution is 7.92. The Balaban J connectivity index is 1.62. The highest BCUT2D eigenvalue weighted by Gasteiger charge is 2.39. The van der Waals surface area contributed by atoms with Crippen molar-refractivity contribution < 1.29 is 37.3 Å². The van der Waals surface area contributed by atoms with Gasteiger partial charge in [-0.2, -0.15) is 0 Å². The molecule has 0 bridgehead atoms. The standard InChI is InChI=1S/C35H41N5O8S/c1-35(2,3)24-9-8-10-25(21-24)49(43,44)39-27-19-23(20-28(41)33(27)46-5)32(48-30-13-14-36-22-37-30)31(40-15-17-47-18-16-40)34(42)38-26-11-6-7-12-29(26)45-4/h6-14,19-22,31-32,39,41H,15-18H2,1-5H3,(H,38,42). The molecule has 13 nitrogen and oxygen atoms in total. The number of aromatic nitrogens is 2. The maximum atomic E-state index is 14.3. The largest absolute Gasteiger partial charge is 0.504 e. The van der Waals surface area contributed by atoms with Gasteiger partial charge in [-0.05, 0) is 47.4 Å². The molecule has 3 aromatic carbocycles. The van der Waals surface area contributed by atoms with Crippen LogP contribution >= 0.6 is 0 Å². The van der Waals surface area contributed by atoms with Crippen LogP contribution in [0.15, 0.2) is 84.1 Å². The second-order valence-corrected chi connectivity index (χ2v) is 14.1. The highest BCUT2D eigenvalue weighted by atomic mass is 32.2. The second kappa shape index (κ2) is 15.1. The van der Waals surface area contributed by atoms with Crippen molar-refractivity contribution in [3.8, 4) is 23.1 Å². The lowest BCUT2D eigenvalue weighted by Gasteiger charge is -2.38. The third kappa shape index (κ3) is 8.39. The minimum Gasteiger partial charge on any atom is -0.504 e. The predicted molar refractivity (Wildman–Crippen MR) is 184 cm³/mol. The molecule has 49 heavy (non-hydrogen) atoms. The van der Waals surface area contributed by atoms with E-state index in [9.17, 15) is 18.3 Å². The number of para-hydroxylation sites is 2. The molecule has 1 amide bonds. The molecular formula is C35H41N5O8S. The summed E-state index contributed by atoms with van der Waals surface area (Å²) in [5.74, 6) is -0.314. The van der Waals surface area contributed by atoms with E-state index in [0.717, 1.165) is 5.56 Å². The number of ether oxygens (including phenoxy) is 4. The van der Waals surface area contributed by atoms with Gasteiger partial charge in [-0.3, -0.25) is 14.4 Å². The average molecular weight is 692 g/mol. The SMILES string of the molecule is COc1ccccc1NC(=O)C(C(Oc1ccncn1)c1cc(O)c(OC)c(NS(=O)(=O)c2cccc(C(C)(C)C)c2)c1)N1CCOCC1. The first-order chi connectivity index (χ1) is 23.4. The summed E-state index contributed by atoms with van der Waals surface area (Å²) in [4.78, 5) is 24.5. The Kier molecular flexibility index (Phi) is 10.9. The summed E-state index contributed by atoms with van der Waals surface area (Å²) < 4.78 is 53.1. The van der Waals surface area contributed by atoms with Crippen molar-refractivity contribution in [2.24, 2.45) is 0 Å². The number of morpholine rings is 1. The van der Waals surface area contributed by atoms with Crippen LogP contribution in [0.3, 0.4) is 0 Å². The summed E-state index contributed by atoms with van der Waals surface area (Å²) in [5, 5.41) is 14.2. The molecule has 3 N–H and O–H groups in total. The normalized spacial score (nSPS) is 15.1. The zero-order chi connectivity index (χ0) is 35.2. The number of nitrogens with one attached hydrogen (secondary N) is 2. The summed E-state index contributed by atoms with van der Waals surface area (Å²) in [7, 11) is -1.35. The van der Waals surface area contributed by atoms with Crippen molar-refractivity contribution in [3.05, 3.63) is 90.4 Å². The Morgan fingerprint density at radius 3 is 2.41 bits per heavy atom. The van der Waals surface area contributed by atoms with Crippen molar-refractivity contribution in [1.29, 1.82) is 0 Å². The van der Waals surface area contributed by atoms with Gasteiger partial charge in [0, 0.05) is 30.9 Å². The molecule has 2 atom stereocenters. The first-order valence-corrected chi connectivity index (χ1v) is 17.1. The fourth-order valence-corrected chi connectivity index (χ4v) is 6.62. The lowest BCUT2D eigenvalue weighted by molar-refractivity contribution is -0.127. The fourth-order valence-electron chi connectivity index (χ4n) is 5.52. The van der Waals surface area contributed by atoms with Crippen LogP contribution < -0.4 is 24.2 Å². The minimum atomic E-state index is -4.17. The maximum absolute atomic E-state index is 14.3. The molecular weight excluding hydrogens is 650 g/mol. The molecule has 5 rings (SSSR count). The summed E-state index contributed by atoms with van der Waals surface area (Å²) in [6.07, 6.45) is 1.67. The third-order valence-corrected chi connectivity index (χ3v) is 9.40. The maximum Gasteiger partial charge on any atom is 0.262 e. The number of carbonyl (C=O) groups excluding carboxylic acids is 1. The lowest BCUT2D eigenvalue weighted by atomic mass is 9.87. The summed E-state index contributed by atoms with van der Waals surface area (Å²) in [5.41, 5.74) is 1.18. The lowest BCUT2D eigenvalue weighted by Crippen LogP contribution is -2.53. The number of aromatic hydroxyl groups is 1. The highest BCUT2D eigenvalue weighted by Crippen LogP contribution is 2.41. The number of hydrogen-bond acceptors (Lipinski definition) is 11. The number of benzene rings is 3. The number of nitrogens with zero attached hydrogens (tertiary/aromatic N) is 3. The van der Waals surface area contributed by atoms with Gasteiger partial charge in [0.15, 0.2) is 17.6 Å². The molecule has 260 valence electrons. The molecule has 14 heteroatoms. The van der Waals surface area contributed by atoms with Gasteiger partial charge >= 0.3 is 0 Å². The molecule has 1 aromatic heterocycles. The topological polar surface area (TPSA) is 161 Å². The van der Waals surface area contributed by atoms with Gasteiger partial charge in [0.2, 0.25) is 11.8 Å². The molecule has 1 aliphatic rings. The van der Waals surface area contributed by atoms with E-state index in [4.69, 9.17) is 18.9 Å². The van der Waals surface area contributed by atoms with Crippen molar-refractivity contribution in [2.45, 2.75) is 43.2 Å². The quantitative estimate of drug-likeness (QED) is 0.188. The molecule has 0 radical (unpaired) electrons. The Hall–Kier alpha value is -4.92. The number of rotatable bonds is 12. The zero-order valence-electron chi connectivity index (χ0n) is 28.0. The van der Waals surface area contributed by atoms with Gasteiger partial charge in [-0.25, -0.2) is 18.4 Å². The van der Waals surface area contributed by atoms with E-state index in [1.807, 2.05) is 31.7 Å². The van der Waals surface area contributed by atoms with Crippen LogP contribution in [0, 0.1) is 0 Å².